The Bertz CT molecular complexity index is 405. The summed E-state index contributed by atoms with van der Waals surface area (Å²) in [4.78, 5) is 27.0. The van der Waals surface area contributed by atoms with Crippen molar-refractivity contribution in [2.45, 2.75) is 0 Å². The molecule has 0 atom stereocenters. The number of primary amides is 1. The fourth-order valence-electron chi connectivity index (χ4n) is 1.15. The lowest BCUT2D eigenvalue weighted by atomic mass is 10.2. The molecule has 18 heavy (non-hydrogen) atoms. The number of rotatable bonds is 6. The Morgan fingerprint density at radius 2 is 1.89 bits per heavy atom. The summed E-state index contributed by atoms with van der Waals surface area (Å²) < 4.78 is 4.75. The molecular formula is C11H15N3O4. The van der Waals surface area contributed by atoms with E-state index in [9.17, 15) is 9.59 Å². The van der Waals surface area contributed by atoms with Crippen molar-refractivity contribution >= 4 is 17.6 Å². The number of amides is 3. The summed E-state index contributed by atoms with van der Waals surface area (Å²) in [5.74, 6) is -0.378. The molecule has 0 radical (unpaired) electrons. The Balaban J connectivity index is 2.46. The van der Waals surface area contributed by atoms with Crippen LogP contribution in [0.2, 0.25) is 0 Å². The van der Waals surface area contributed by atoms with Crippen molar-refractivity contribution in [1.29, 1.82) is 0 Å². The number of urea groups is 1. The first kappa shape index (κ1) is 13.9. The maximum absolute atomic E-state index is 11.6. The minimum absolute atomic E-state index is 0.267. The van der Waals surface area contributed by atoms with Crippen LogP contribution in [-0.2, 0) is 9.57 Å². The van der Waals surface area contributed by atoms with Gasteiger partial charge in [0.25, 0.3) is 5.91 Å². The van der Waals surface area contributed by atoms with Crippen molar-refractivity contribution in [2.75, 3.05) is 25.6 Å². The highest BCUT2D eigenvalue weighted by Crippen LogP contribution is 2.08. The van der Waals surface area contributed by atoms with Crippen molar-refractivity contribution in [1.82, 2.24) is 5.48 Å². The Morgan fingerprint density at radius 3 is 2.44 bits per heavy atom. The van der Waals surface area contributed by atoms with E-state index in [1.54, 1.807) is 24.3 Å². The first-order valence-corrected chi connectivity index (χ1v) is 5.21. The van der Waals surface area contributed by atoms with Crippen LogP contribution in [0.1, 0.15) is 10.4 Å². The predicted molar refractivity (Wildman–Crippen MR) is 64.9 cm³/mol. The second-order valence-electron chi connectivity index (χ2n) is 3.34. The molecule has 7 heteroatoms. The van der Waals surface area contributed by atoms with Gasteiger partial charge in [0.15, 0.2) is 0 Å². The first-order valence-electron chi connectivity index (χ1n) is 5.21. The van der Waals surface area contributed by atoms with E-state index >= 15 is 0 Å². The fraction of sp³-hybridized carbons (Fsp3) is 0.273. The summed E-state index contributed by atoms with van der Waals surface area (Å²) in [7, 11) is 1.54. The fourth-order valence-corrected chi connectivity index (χ4v) is 1.15. The largest absolute Gasteiger partial charge is 0.382 e. The number of methoxy groups -OCH3 is 1. The number of anilines is 1. The molecule has 0 saturated heterocycles. The number of nitrogens with two attached hydrogens (primary N) is 1. The van der Waals surface area contributed by atoms with E-state index < -0.39 is 6.03 Å². The van der Waals surface area contributed by atoms with Gasteiger partial charge in [0.2, 0.25) is 0 Å². The molecule has 3 amide bonds. The highest BCUT2D eigenvalue weighted by molar-refractivity contribution is 5.94. The smallest absolute Gasteiger partial charge is 0.316 e. The van der Waals surface area contributed by atoms with Gasteiger partial charge in [-0.25, -0.2) is 10.3 Å². The van der Waals surface area contributed by atoms with Gasteiger partial charge in [-0.15, -0.1) is 0 Å². The van der Waals surface area contributed by atoms with Gasteiger partial charge in [0, 0.05) is 18.4 Å². The van der Waals surface area contributed by atoms with E-state index in [-0.39, 0.29) is 12.5 Å². The molecule has 0 aliphatic rings. The lowest BCUT2D eigenvalue weighted by molar-refractivity contribution is 0.00889. The van der Waals surface area contributed by atoms with Crippen LogP contribution in [0.3, 0.4) is 0 Å². The third-order valence-electron chi connectivity index (χ3n) is 1.97. The van der Waals surface area contributed by atoms with E-state index in [1.165, 1.54) is 7.11 Å². The molecule has 1 aromatic rings. The zero-order valence-corrected chi connectivity index (χ0v) is 9.93. The summed E-state index contributed by atoms with van der Waals surface area (Å²) in [6, 6.07) is 5.56. The summed E-state index contributed by atoms with van der Waals surface area (Å²) in [5.41, 5.74) is 8.14. The van der Waals surface area contributed by atoms with Gasteiger partial charge in [-0.3, -0.25) is 9.63 Å². The number of ether oxygens (including phenoxy) is 1. The summed E-state index contributed by atoms with van der Waals surface area (Å²) in [6.45, 7) is 0.658. The molecular weight excluding hydrogens is 238 g/mol. The van der Waals surface area contributed by atoms with Crippen LogP contribution in [0.5, 0.6) is 0 Å². The molecule has 0 unspecified atom stereocenters. The monoisotopic (exact) mass is 253 g/mol. The van der Waals surface area contributed by atoms with Crippen LogP contribution in [0.4, 0.5) is 10.5 Å². The summed E-state index contributed by atoms with van der Waals surface area (Å²) in [5, 5.41) is 2.39. The number of carbonyl (C=O) groups excluding carboxylic acids is 2. The van der Waals surface area contributed by atoms with Gasteiger partial charge in [-0.2, -0.15) is 0 Å². The molecule has 4 N–H and O–H groups in total. The molecule has 1 rings (SSSR count). The maximum atomic E-state index is 11.6. The van der Waals surface area contributed by atoms with E-state index in [2.05, 4.69) is 10.8 Å². The molecule has 0 heterocycles. The van der Waals surface area contributed by atoms with Gasteiger partial charge in [0.05, 0.1) is 13.2 Å². The SMILES string of the molecule is COCCONC(=O)c1ccc(NC(N)=O)cc1. The molecule has 0 fully saturated rings. The maximum Gasteiger partial charge on any atom is 0.316 e. The molecule has 0 bridgehead atoms. The van der Waals surface area contributed by atoms with E-state index in [0.717, 1.165) is 0 Å². The second-order valence-corrected chi connectivity index (χ2v) is 3.34. The van der Waals surface area contributed by atoms with Crippen LogP contribution in [0.15, 0.2) is 24.3 Å². The average molecular weight is 253 g/mol. The Labute approximate surface area is 104 Å². The number of hydrogen-bond donors (Lipinski definition) is 3. The lowest BCUT2D eigenvalue weighted by Gasteiger charge is -2.06. The van der Waals surface area contributed by atoms with Crippen molar-refractivity contribution < 1.29 is 19.2 Å². The van der Waals surface area contributed by atoms with Crippen LogP contribution in [-0.4, -0.2) is 32.3 Å². The van der Waals surface area contributed by atoms with Crippen molar-refractivity contribution in [2.24, 2.45) is 5.73 Å². The number of benzene rings is 1. The van der Waals surface area contributed by atoms with E-state index in [4.69, 9.17) is 15.3 Å². The first-order chi connectivity index (χ1) is 8.63. The molecule has 98 valence electrons. The van der Waals surface area contributed by atoms with Crippen LogP contribution in [0, 0.1) is 0 Å². The van der Waals surface area contributed by atoms with Crippen LogP contribution in [0.25, 0.3) is 0 Å². The summed E-state index contributed by atoms with van der Waals surface area (Å²) >= 11 is 0. The minimum atomic E-state index is -0.657. The van der Waals surface area contributed by atoms with Gasteiger partial charge in [-0.05, 0) is 24.3 Å². The van der Waals surface area contributed by atoms with Crippen LogP contribution >= 0.6 is 0 Å². The van der Waals surface area contributed by atoms with Crippen molar-refractivity contribution in [3.05, 3.63) is 29.8 Å². The zero-order valence-electron chi connectivity index (χ0n) is 9.93. The minimum Gasteiger partial charge on any atom is -0.382 e. The van der Waals surface area contributed by atoms with Gasteiger partial charge >= 0.3 is 6.03 Å². The lowest BCUT2D eigenvalue weighted by Crippen LogP contribution is -2.25. The highest BCUT2D eigenvalue weighted by atomic mass is 16.7. The Kier molecular flexibility index (Phi) is 5.62. The average Bonchev–Trinajstić information content (AvgIpc) is 2.34. The zero-order chi connectivity index (χ0) is 13.4. The molecule has 0 spiro atoms. The number of hydroxylamine groups is 1. The highest BCUT2D eigenvalue weighted by Gasteiger charge is 2.05. The number of nitrogens with one attached hydrogen (secondary N) is 2. The number of carbonyl (C=O) groups is 2. The van der Waals surface area contributed by atoms with E-state index in [0.29, 0.717) is 17.9 Å². The molecule has 0 aromatic heterocycles. The third-order valence-corrected chi connectivity index (χ3v) is 1.97. The van der Waals surface area contributed by atoms with Crippen LogP contribution < -0.4 is 16.5 Å². The summed E-state index contributed by atoms with van der Waals surface area (Å²) in [6.07, 6.45) is 0. The standard InChI is InChI=1S/C11H15N3O4/c1-17-6-7-18-14-10(15)8-2-4-9(5-3-8)13-11(12)16/h2-5H,6-7H2,1H3,(H,14,15)(H3,12,13,16). The second kappa shape index (κ2) is 7.25. The van der Waals surface area contributed by atoms with Gasteiger partial charge < -0.3 is 15.8 Å². The Morgan fingerprint density at radius 1 is 1.22 bits per heavy atom. The normalized spacial score (nSPS) is 9.83. The number of hydrogen-bond acceptors (Lipinski definition) is 4. The van der Waals surface area contributed by atoms with Crippen molar-refractivity contribution in [3.8, 4) is 0 Å². The quantitative estimate of drug-likeness (QED) is 0.507. The molecule has 0 aliphatic carbocycles. The van der Waals surface area contributed by atoms with Gasteiger partial charge in [-0.1, -0.05) is 0 Å². The third kappa shape index (κ3) is 4.81. The van der Waals surface area contributed by atoms with E-state index in [1.807, 2.05) is 0 Å². The molecule has 7 nitrogen and oxygen atoms in total. The van der Waals surface area contributed by atoms with Gasteiger partial charge in [0.1, 0.15) is 0 Å². The molecule has 0 aliphatic heterocycles. The Hall–Kier alpha value is -2.12. The predicted octanol–water partition coefficient (Wildman–Crippen LogP) is 0.485. The molecule has 1 aromatic carbocycles. The molecule has 0 saturated carbocycles. The van der Waals surface area contributed by atoms with Crippen molar-refractivity contribution in [3.63, 3.8) is 0 Å². The topological polar surface area (TPSA) is 103 Å².